The van der Waals surface area contributed by atoms with Gasteiger partial charge in [-0.25, -0.2) is 4.79 Å². The van der Waals surface area contributed by atoms with Crippen molar-refractivity contribution in [1.29, 1.82) is 0 Å². The molecule has 1 amide bonds. The van der Waals surface area contributed by atoms with Gasteiger partial charge in [0.15, 0.2) is 17.3 Å². The van der Waals surface area contributed by atoms with Crippen molar-refractivity contribution >= 4 is 23.7 Å². The molecule has 5 unspecified atom stereocenters. The van der Waals surface area contributed by atoms with Crippen LogP contribution in [0.5, 0.6) is 0 Å². The predicted octanol–water partition coefficient (Wildman–Crippen LogP) is 8.66. The Morgan fingerprint density at radius 3 is 2.78 bits per heavy atom. The van der Waals surface area contributed by atoms with Gasteiger partial charge >= 0.3 is 5.97 Å². The standard InChI is InChI=1S/C45H57NO5/c1-30(18-21-38-32(3)14-11-25-45(38,4)5)12-10-13-31(2)28-40(47)46-39-22-19-33(36-16-6-7-17-37(36)39)15-8-9-26-49-44-42-35(24-27-50-42)29-34-20-23-41(48)51-43(34)44/h10,12-13,18,20-21,23-24,27-29,34,36-37,39,43H,6-9,11,14-17,19,22,25-26H2,1-5H3/p+1/b13-10+,21-18+,30-12+,31-28+. The molecule has 2 saturated carbocycles. The fourth-order valence-electron chi connectivity index (χ4n) is 9.17. The molecule has 5 atom stereocenters. The smallest absolute Gasteiger partial charge is 0.331 e. The number of furan rings is 1. The van der Waals surface area contributed by atoms with Gasteiger partial charge in [-0.3, -0.25) is 4.79 Å². The first-order chi connectivity index (χ1) is 24.6. The summed E-state index contributed by atoms with van der Waals surface area (Å²) < 4.78 is 17.6. The number of ether oxygens (including phenoxy) is 2. The SMILES string of the molecule is CC1=C(/C=C/C(C)=C/C=C/C(C)=C/C(=O)NC2CC[C+](CCCCOC3=c4occc4=CC4C=CC(=O)OC34)C3CCCCC23)C(C)(C)CCC1. The number of amides is 1. The van der Waals surface area contributed by atoms with Gasteiger partial charge in [0, 0.05) is 41.7 Å². The molecule has 0 aromatic carbocycles. The third-order valence-corrected chi connectivity index (χ3v) is 11.8. The van der Waals surface area contributed by atoms with Crippen LogP contribution < -0.4 is 16.0 Å². The minimum Gasteiger partial charge on any atom is -0.490 e. The van der Waals surface area contributed by atoms with Crippen LogP contribution in [0.4, 0.5) is 0 Å². The molecular formula is C45H58NO5+. The zero-order valence-corrected chi connectivity index (χ0v) is 31.5. The minimum absolute atomic E-state index is 0.0218. The highest BCUT2D eigenvalue weighted by atomic mass is 16.6. The van der Waals surface area contributed by atoms with E-state index in [0.717, 1.165) is 42.9 Å². The molecule has 51 heavy (non-hydrogen) atoms. The first kappa shape index (κ1) is 36.8. The first-order valence-corrected chi connectivity index (χ1v) is 19.5. The first-order valence-electron chi connectivity index (χ1n) is 19.5. The largest absolute Gasteiger partial charge is 0.490 e. The molecule has 1 aromatic rings. The molecule has 1 aliphatic heterocycles. The molecule has 2 heterocycles. The van der Waals surface area contributed by atoms with Gasteiger partial charge in [-0.1, -0.05) is 73.9 Å². The van der Waals surface area contributed by atoms with E-state index < -0.39 is 6.10 Å². The van der Waals surface area contributed by atoms with Crippen molar-refractivity contribution in [3.8, 4) is 0 Å². The molecular weight excluding hydrogens is 634 g/mol. The molecule has 0 saturated heterocycles. The lowest BCUT2D eigenvalue weighted by molar-refractivity contribution is -0.143. The van der Waals surface area contributed by atoms with E-state index in [1.807, 2.05) is 25.1 Å². The molecule has 2 fully saturated rings. The second-order valence-corrected chi connectivity index (χ2v) is 16.1. The van der Waals surface area contributed by atoms with Gasteiger partial charge in [-0.05, 0) is 94.8 Å². The third kappa shape index (κ3) is 9.12. The minimum atomic E-state index is -0.464. The van der Waals surface area contributed by atoms with Crippen LogP contribution in [-0.4, -0.2) is 30.6 Å². The van der Waals surface area contributed by atoms with E-state index in [1.54, 1.807) is 18.3 Å². The number of carbonyl (C=O) groups is 2. The van der Waals surface area contributed by atoms with Gasteiger partial charge in [0.25, 0.3) is 0 Å². The van der Waals surface area contributed by atoms with Gasteiger partial charge in [0.2, 0.25) is 5.91 Å². The molecule has 0 bridgehead atoms. The van der Waals surface area contributed by atoms with Crippen LogP contribution in [0.2, 0.25) is 0 Å². The Bertz CT molecular complexity index is 1750. The zero-order chi connectivity index (χ0) is 36.0. The second-order valence-electron chi connectivity index (χ2n) is 16.1. The molecule has 0 radical (unpaired) electrons. The Balaban J connectivity index is 0.968. The van der Waals surface area contributed by atoms with E-state index >= 15 is 0 Å². The monoisotopic (exact) mass is 692 g/mol. The summed E-state index contributed by atoms with van der Waals surface area (Å²) in [4.78, 5) is 25.2. The number of allylic oxidation sites excluding steroid dienone is 9. The van der Waals surface area contributed by atoms with Crippen molar-refractivity contribution in [2.75, 3.05) is 6.61 Å². The number of hydrogen-bond donors (Lipinski definition) is 1. The van der Waals surface area contributed by atoms with Crippen molar-refractivity contribution in [1.82, 2.24) is 5.32 Å². The van der Waals surface area contributed by atoms with Gasteiger partial charge in [-0.15, -0.1) is 0 Å². The maximum Gasteiger partial charge on any atom is 0.331 e. The molecule has 272 valence electrons. The van der Waals surface area contributed by atoms with Gasteiger partial charge < -0.3 is 19.2 Å². The van der Waals surface area contributed by atoms with Crippen molar-refractivity contribution in [2.45, 2.75) is 124 Å². The van der Waals surface area contributed by atoms with E-state index in [2.05, 4.69) is 63.4 Å². The topological polar surface area (TPSA) is 77.8 Å². The van der Waals surface area contributed by atoms with E-state index in [-0.39, 0.29) is 29.3 Å². The van der Waals surface area contributed by atoms with E-state index in [1.165, 1.54) is 67.7 Å². The Morgan fingerprint density at radius 2 is 1.94 bits per heavy atom. The number of esters is 1. The molecule has 6 rings (SSSR count). The molecule has 6 nitrogen and oxygen atoms in total. The summed E-state index contributed by atoms with van der Waals surface area (Å²) in [6, 6.07) is 2.17. The van der Waals surface area contributed by atoms with Gasteiger partial charge in [0.05, 0.1) is 31.6 Å². The molecule has 1 N–H and O–H groups in total. The number of hydrogen-bond acceptors (Lipinski definition) is 5. The number of nitrogens with one attached hydrogen (secondary N) is 1. The Hall–Kier alpha value is -3.93. The van der Waals surface area contributed by atoms with E-state index in [9.17, 15) is 9.59 Å². The average molecular weight is 693 g/mol. The van der Waals surface area contributed by atoms with Crippen LogP contribution in [0.1, 0.15) is 112 Å². The van der Waals surface area contributed by atoms with Gasteiger partial charge in [0.1, 0.15) is 5.92 Å². The summed E-state index contributed by atoms with van der Waals surface area (Å²) in [6.07, 6.45) is 32.9. The van der Waals surface area contributed by atoms with Crippen molar-refractivity contribution in [3.63, 3.8) is 0 Å². The van der Waals surface area contributed by atoms with E-state index in [0.29, 0.717) is 29.6 Å². The highest BCUT2D eigenvalue weighted by molar-refractivity contribution is 5.89. The lowest BCUT2D eigenvalue weighted by Crippen LogP contribution is -2.48. The Kier molecular flexibility index (Phi) is 12.0. The van der Waals surface area contributed by atoms with Crippen molar-refractivity contribution in [2.24, 2.45) is 23.2 Å². The normalized spacial score (nSPS) is 27.9. The molecule has 0 spiro atoms. The molecule has 6 heteroatoms. The van der Waals surface area contributed by atoms with Crippen molar-refractivity contribution in [3.05, 3.63) is 99.8 Å². The van der Waals surface area contributed by atoms with Crippen LogP contribution in [-0.2, 0) is 19.1 Å². The highest BCUT2D eigenvalue weighted by Crippen LogP contribution is 2.47. The average Bonchev–Trinajstić information content (AvgIpc) is 3.56. The zero-order valence-electron chi connectivity index (χ0n) is 31.5. The maximum atomic E-state index is 13.2. The van der Waals surface area contributed by atoms with Crippen molar-refractivity contribution < 1.29 is 23.5 Å². The Morgan fingerprint density at radius 1 is 1.10 bits per heavy atom. The summed E-state index contributed by atoms with van der Waals surface area (Å²) in [5, 5.41) is 4.40. The van der Waals surface area contributed by atoms with Crippen LogP contribution in [0.15, 0.2) is 87.6 Å². The summed E-state index contributed by atoms with van der Waals surface area (Å²) in [6.45, 7) is 11.7. The third-order valence-electron chi connectivity index (χ3n) is 11.8. The molecule has 1 aromatic heterocycles. The molecule has 5 aliphatic rings. The molecule has 4 aliphatic carbocycles. The maximum absolute atomic E-state index is 13.2. The van der Waals surface area contributed by atoms with E-state index in [4.69, 9.17) is 13.9 Å². The van der Waals surface area contributed by atoms with Crippen LogP contribution >= 0.6 is 0 Å². The summed E-state index contributed by atoms with van der Waals surface area (Å²) >= 11 is 0. The lowest BCUT2D eigenvalue weighted by atomic mass is 9.62. The Labute approximate surface area is 305 Å². The summed E-state index contributed by atoms with van der Waals surface area (Å²) in [5.74, 6) is 3.06. The lowest BCUT2D eigenvalue weighted by Gasteiger charge is -2.40. The van der Waals surface area contributed by atoms with Crippen LogP contribution in [0, 0.1) is 29.1 Å². The quantitative estimate of drug-likeness (QED) is 0.0780. The summed E-state index contributed by atoms with van der Waals surface area (Å²) in [7, 11) is 0. The highest BCUT2D eigenvalue weighted by Gasteiger charge is 2.47. The predicted molar refractivity (Wildman–Crippen MR) is 204 cm³/mol. The number of rotatable bonds is 12. The number of fused-ring (bicyclic) bond motifs is 3. The van der Waals surface area contributed by atoms with Gasteiger partial charge in [-0.2, -0.15) is 0 Å². The van der Waals surface area contributed by atoms with Crippen LogP contribution in [0.25, 0.3) is 11.8 Å². The van der Waals surface area contributed by atoms with Crippen LogP contribution in [0.3, 0.4) is 0 Å². The number of unbranched alkanes of at least 4 members (excludes halogenated alkanes) is 1. The second kappa shape index (κ2) is 16.6. The summed E-state index contributed by atoms with van der Waals surface area (Å²) in [5.41, 5.74) is 6.06. The fraction of sp³-hybridized carbons (Fsp3) is 0.533. The number of carbonyl (C=O) groups excluding carboxylic acids is 2. The fourth-order valence-corrected chi connectivity index (χ4v) is 9.17.